The van der Waals surface area contributed by atoms with Crippen LogP contribution in [0.2, 0.25) is 0 Å². The zero-order chi connectivity index (χ0) is 18.8. The van der Waals surface area contributed by atoms with Gasteiger partial charge in [-0.15, -0.1) is 0 Å². The van der Waals surface area contributed by atoms with Crippen molar-refractivity contribution < 1.29 is 8.42 Å². The van der Waals surface area contributed by atoms with E-state index in [-0.39, 0.29) is 0 Å². The molecule has 26 heavy (non-hydrogen) atoms. The molecule has 0 fully saturated rings. The van der Waals surface area contributed by atoms with Crippen molar-refractivity contribution in [3.8, 4) is 0 Å². The van der Waals surface area contributed by atoms with Crippen LogP contribution in [0.15, 0.2) is 42.6 Å². The molecule has 0 spiro atoms. The number of hydrogen-bond donors (Lipinski definition) is 1. The highest BCUT2D eigenvalue weighted by atomic mass is 32.2. The van der Waals surface area contributed by atoms with E-state index >= 15 is 0 Å². The number of allylic oxidation sites excluding steroid dienone is 3. The summed E-state index contributed by atoms with van der Waals surface area (Å²) in [5.74, 6) is 0. The highest BCUT2D eigenvalue weighted by Gasteiger charge is 2.40. The minimum atomic E-state index is -3.67. The molecule has 6 heteroatoms. The number of fused-ring (bicyclic) bond motifs is 1. The fourth-order valence-electron chi connectivity index (χ4n) is 3.43. The Bertz CT molecular complexity index is 957. The second-order valence-corrected chi connectivity index (χ2v) is 9.41. The number of aromatic nitrogens is 2. The largest absolute Gasteiger partial charge is 0.398 e. The molecule has 1 atom stereocenters. The van der Waals surface area contributed by atoms with E-state index < -0.39 is 14.8 Å². The van der Waals surface area contributed by atoms with Gasteiger partial charge in [0.25, 0.3) is 0 Å². The summed E-state index contributed by atoms with van der Waals surface area (Å²) >= 11 is 0. The molecule has 3 rings (SSSR count). The van der Waals surface area contributed by atoms with Gasteiger partial charge in [0.05, 0.1) is 0 Å². The third kappa shape index (κ3) is 3.18. The van der Waals surface area contributed by atoms with Crippen molar-refractivity contribution in [2.75, 3.05) is 5.73 Å². The monoisotopic (exact) mass is 373 g/mol. The average Bonchev–Trinajstić information content (AvgIpc) is 3.00. The van der Waals surface area contributed by atoms with Crippen LogP contribution in [0.3, 0.4) is 0 Å². The standard InChI is InChI=1S/C20H27N3O2S/c1-3-4-5-7-10-16-15-17-18(21)11-14-22-19(17)23(16)26(24,25)20(2)12-8-6-9-13-20/h6,8-9,11-12,14-15H,3-5,7,10,13H2,1-2H3,(H2,21,22). The van der Waals surface area contributed by atoms with E-state index in [1.807, 2.05) is 18.2 Å². The first-order valence-electron chi connectivity index (χ1n) is 9.25. The second-order valence-electron chi connectivity index (χ2n) is 7.16. The third-order valence-electron chi connectivity index (χ3n) is 5.10. The molecule has 2 N–H and O–H groups in total. The van der Waals surface area contributed by atoms with Crippen molar-refractivity contribution in [2.24, 2.45) is 0 Å². The Kier molecular flexibility index (Phi) is 5.23. The van der Waals surface area contributed by atoms with Crippen molar-refractivity contribution in [3.63, 3.8) is 0 Å². The molecule has 140 valence electrons. The van der Waals surface area contributed by atoms with Crippen molar-refractivity contribution in [2.45, 2.75) is 57.1 Å². The lowest BCUT2D eigenvalue weighted by Gasteiger charge is -2.28. The van der Waals surface area contributed by atoms with Gasteiger partial charge in [-0.1, -0.05) is 50.5 Å². The minimum absolute atomic E-state index is 0.430. The molecule has 1 unspecified atom stereocenters. The Labute approximate surface area is 155 Å². The SMILES string of the molecule is CCCCCCc1cc2c(N)ccnc2n1S(=O)(=O)C1(C)C=CC=CC1. The molecule has 0 aliphatic heterocycles. The van der Waals surface area contributed by atoms with Crippen LogP contribution in [-0.4, -0.2) is 22.1 Å². The fourth-order valence-corrected chi connectivity index (χ4v) is 5.23. The van der Waals surface area contributed by atoms with Crippen molar-refractivity contribution >= 4 is 26.7 Å². The van der Waals surface area contributed by atoms with Crippen LogP contribution < -0.4 is 5.73 Å². The molecule has 0 bridgehead atoms. The summed E-state index contributed by atoms with van der Waals surface area (Å²) in [5, 5.41) is 0.709. The molecule has 0 saturated carbocycles. The second kappa shape index (κ2) is 7.27. The molecular weight excluding hydrogens is 346 g/mol. The number of nitrogens with two attached hydrogens (primary N) is 1. The van der Waals surface area contributed by atoms with Crippen LogP contribution in [0.5, 0.6) is 0 Å². The maximum atomic E-state index is 13.6. The Morgan fingerprint density at radius 3 is 2.77 bits per heavy atom. The van der Waals surface area contributed by atoms with E-state index in [1.54, 1.807) is 31.3 Å². The van der Waals surface area contributed by atoms with Gasteiger partial charge in [0.15, 0.2) is 5.65 Å². The molecule has 0 saturated heterocycles. The van der Waals surface area contributed by atoms with Crippen LogP contribution in [0.25, 0.3) is 11.0 Å². The number of nitrogen functional groups attached to an aromatic ring is 1. The quantitative estimate of drug-likeness (QED) is 0.738. The maximum absolute atomic E-state index is 13.6. The van der Waals surface area contributed by atoms with E-state index in [4.69, 9.17) is 5.73 Å². The summed E-state index contributed by atoms with van der Waals surface area (Å²) in [6, 6.07) is 3.61. The summed E-state index contributed by atoms with van der Waals surface area (Å²) < 4.78 is 27.7. The highest BCUT2D eigenvalue weighted by molar-refractivity contribution is 7.91. The van der Waals surface area contributed by atoms with Crippen LogP contribution in [0.1, 0.15) is 51.6 Å². The van der Waals surface area contributed by atoms with Gasteiger partial charge in [-0.2, -0.15) is 0 Å². The summed E-state index contributed by atoms with van der Waals surface area (Å²) in [7, 11) is -3.67. The van der Waals surface area contributed by atoms with Gasteiger partial charge < -0.3 is 5.73 Å². The van der Waals surface area contributed by atoms with Crippen LogP contribution in [0.4, 0.5) is 5.69 Å². The van der Waals surface area contributed by atoms with E-state index in [9.17, 15) is 8.42 Å². The maximum Gasteiger partial charge on any atom is 0.249 e. The Hall–Kier alpha value is -2.08. The first-order chi connectivity index (χ1) is 12.4. The molecule has 1 aliphatic rings. The summed E-state index contributed by atoms with van der Waals surface area (Å²) in [6.45, 7) is 3.93. The van der Waals surface area contributed by atoms with Gasteiger partial charge in [0.1, 0.15) is 4.75 Å². The topological polar surface area (TPSA) is 78.0 Å². The van der Waals surface area contributed by atoms with Gasteiger partial charge in [-0.05, 0) is 38.3 Å². The summed E-state index contributed by atoms with van der Waals surface area (Å²) in [4.78, 5) is 4.36. The molecular formula is C20H27N3O2S. The number of aryl methyl sites for hydroxylation is 1. The number of unbranched alkanes of at least 4 members (excludes halogenated alkanes) is 3. The predicted molar refractivity (Wildman–Crippen MR) is 108 cm³/mol. The zero-order valence-corrected chi connectivity index (χ0v) is 16.3. The van der Waals surface area contributed by atoms with Gasteiger partial charge in [0.2, 0.25) is 10.0 Å². The minimum Gasteiger partial charge on any atom is -0.398 e. The lowest BCUT2D eigenvalue weighted by Crippen LogP contribution is -2.38. The first-order valence-corrected chi connectivity index (χ1v) is 10.7. The van der Waals surface area contributed by atoms with Gasteiger partial charge in [-0.3, -0.25) is 0 Å². The highest BCUT2D eigenvalue weighted by Crippen LogP contribution is 2.34. The Morgan fingerprint density at radius 2 is 2.08 bits per heavy atom. The Morgan fingerprint density at radius 1 is 1.27 bits per heavy atom. The lowest BCUT2D eigenvalue weighted by atomic mass is 10.0. The number of pyridine rings is 1. The van der Waals surface area contributed by atoms with Crippen molar-refractivity contribution in [3.05, 3.63) is 48.3 Å². The number of nitrogens with zero attached hydrogens (tertiary/aromatic N) is 2. The van der Waals surface area contributed by atoms with E-state index in [0.717, 1.165) is 31.4 Å². The predicted octanol–water partition coefficient (Wildman–Crippen LogP) is 4.19. The number of hydrogen-bond acceptors (Lipinski definition) is 4. The van der Waals surface area contributed by atoms with Crippen LogP contribution in [0, 0.1) is 0 Å². The van der Waals surface area contributed by atoms with Crippen molar-refractivity contribution in [1.82, 2.24) is 8.96 Å². The van der Waals surface area contributed by atoms with E-state index in [0.29, 0.717) is 29.6 Å². The van der Waals surface area contributed by atoms with Crippen LogP contribution in [-0.2, 0) is 16.4 Å². The average molecular weight is 374 g/mol. The molecule has 5 nitrogen and oxygen atoms in total. The smallest absolute Gasteiger partial charge is 0.249 e. The van der Waals surface area contributed by atoms with Crippen molar-refractivity contribution in [1.29, 1.82) is 0 Å². The Balaban J connectivity index is 2.12. The molecule has 2 heterocycles. The molecule has 0 aromatic carbocycles. The van der Waals surface area contributed by atoms with Gasteiger partial charge in [-0.25, -0.2) is 17.4 Å². The van der Waals surface area contributed by atoms with Gasteiger partial charge >= 0.3 is 0 Å². The molecule has 2 aromatic rings. The summed E-state index contributed by atoms with van der Waals surface area (Å²) in [5.41, 5.74) is 7.85. The third-order valence-corrected chi connectivity index (χ3v) is 7.47. The molecule has 1 aliphatic carbocycles. The molecule has 0 amide bonds. The molecule has 0 radical (unpaired) electrons. The molecule has 2 aromatic heterocycles. The zero-order valence-electron chi connectivity index (χ0n) is 15.5. The fraction of sp³-hybridized carbons (Fsp3) is 0.450. The normalized spacial score (nSPS) is 20.1. The van der Waals surface area contributed by atoms with Crippen LogP contribution >= 0.6 is 0 Å². The van der Waals surface area contributed by atoms with E-state index in [1.165, 1.54) is 3.97 Å². The first kappa shape index (κ1) is 18.7. The lowest BCUT2D eigenvalue weighted by molar-refractivity contribution is 0.551. The summed E-state index contributed by atoms with van der Waals surface area (Å²) in [6.07, 6.45) is 14.4. The number of rotatable bonds is 7. The number of anilines is 1. The van der Waals surface area contributed by atoms with E-state index in [2.05, 4.69) is 11.9 Å². The van der Waals surface area contributed by atoms with Gasteiger partial charge in [0, 0.05) is 23.0 Å².